The fraction of sp³-hybridized carbons (Fsp3) is 0.143. The molecule has 1 aromatic carbocycles. The molecule has 0 saturated heterocycles. The fourth-order valence-corrected chi connectivity index (χ4v) is 2.95. The van der Waals surface area contributed by atoms with Crippen molar-refractivity contribution in [1.82, 2.24) is 0 Å². The highest BCUT2D eigenvalue weighted by molar-refractivity contribution is 14.1. The SMILES string of the molecule is COc1cc(S(=O)(=O)Cl)cc(I)c1I. The Morgan fingerprint density at radius 3 is 2.36 bits per heavy atom. The van der Waals surface area contributed by atoms with E-state index in [9.17, 15) is 8.42 Å². The molecule has 0 spiro atoms. The van der Waals surface area contributed by atoms with E-state index in [1.54, 1.807) is 0 Å². The van der Waals surface area contributed by atoms with Gasteiger partial charge in [0.2, 0.25) is 0 Å². The van der Waals surface area contributed by atoms with E-state index >= 15 is 0 Å². The van der Waals surface area contributed by atoms with Gasteiger partial charge in [0.05, 0.1) is 15.6 Å². The van der Waals surface area contributed by atoms with E-state index in [0.29, 0.717) is 5.75 Å². The lowest BCUT2D eigenvalue weighted by atomic mass is 10.3. The average molecular weight is 458 g/mol. The number of halogens is 3. The summed E-state index contributed by atoms with van der Waals surface area (Å²) in [6.45, 7) is 0. The van der Waals surface area contributed by atoms with Crippen LogP contribution in [-0.2, 0) is 9.05 Å². The normalized spacial score (nSPS) is 11.4. The van der Waals surface area contributed by atoms with E-state index in [4.69, 9.17) is 15.4 Å². The summed E-state index contributed by atoms with van der Waals surface area (Å²) in [7, 11) is 3.02. The molecule has 0 unspecified atom stereocenters. The molecule has 0 fully saturated rings. The molecule has 0 bridgehead atoms. The summed E-state index contributed by atoms with van der Waals surface area (Å²) < 4.78 is 28.8. The van der Waals surface area contributed by atoms with Gasteiger partial charge < -0.3 is 4.74 Å². The van der Waals surface area contributed by atoms with Gasteiger partial charge in [-0.05, 0) is 51.2 Å². The third kappa shape index (κ3) is 2.86. The highest BCUT2D eigenvalue weighted by atomic mass is 127. The van der Waals surface area contributed by atoms with Crippen LogP contribution in [0.5, 0.6) is 5.75 Å². The van der Waals surface area contributed by atoms with Crippen LogP contribution < -0.4 is 4.74 Å². The molecule has 0 aliphatic rings. The standard InChI is InChI=1S/C7H5ClI2O3S/c1-13-6-3-4(14(8,11)12)2-5(9)7(6)10/h2-3H,1H3. The first-order chi connectivity index (χ1) is 6.36. The number of benzene rings is 1. The molecule has 0 aromatic heterocycles. The van der Waals surface area contributed by atoms with Crippen LogP contribution >= 0.6 is 55.9 Å². The molecule has 0 atom stereocenters. The largest absolute Gasteiger partial charge is 0.496 e. The Morgan fingerprint density at radius 2 is 1.93 bits per heavy atom. The quantitative estimate of drug-likeness (QED) is 0.506. The molecule has 7 heteroatoms. The van der Waals surface area contributed by atoms with E-state index < -0.39 is 9.05 Å². The Balaban J connectivity index is 3.46. The lowest BCUT2D eigenvalue weighted by molar-refractivity contribution is 0.410. The van der Waals surface area contributed by atoms with Gasteiger partial charge in [0.1, 0.15) is 5.75 Å². The first kappa shape index (κ1) is 12.8. The summed E-state index contributed by atoms with van der Waals surface area (Å²) in [6, 6.07) is 2.92. The van der Waals surface area contributed by atoms with Crippen LogP contribution in [0.3, 0.4) is 0 Å². The second kappa shape index (κ2) is 4.71. The average Bonchev–Trinajstić information content (AvgIpc) is 2.07. The maximum atomic E-state index is 11.1. The van der Waals surface area contributed by atoms with Gasteiger partial charge in [-0.25, -0.2) is 8.42 Å². The lowest BCUT2D eigenvalue weighted by Gasteiger charge is -2.06. The van der Waals surface area contributed by atoms with Crippen LogP contribution in [0, 0.1) is 7.14 Å². The molecule has 0 heterocycles. The van der Waals surface area contributed by atoms with Gasteiger partial charge in [-0.2, -0.15) is 0 Å². The summed E-state index contributed by atoms with van der Waals surface area (Å²) in [5, 5.41) is 0. The molecule has 14 heavy (non-hydrogen) atoms. The van der Waals surface area contributed by atoms with Crippen LogP contribution in [0.25, 0.3) is 0 Å². The van der Waals surface area contributed by atoms with Crippen molar-refractivity contribution in [3.63, 3.8) is 0 Å². The van der Waals surface area contributed by atoms with Gasteiger partial charge >= 0.3 is 0 Å². The Morgan fingerprint density at radius 1 is 1.36 bits per heavy atom. The molecular formula is C7H5ClI2O3S. The Bertz CT molecular complexity index is 458. The maximum Gasteiger partial charge on any atom is 0.261 e. The molecule has 0 saturated carbocycles. The monoisotopic (exact) mass is 458 g/mol. The summed E-state index contributed by atoms with van der Waals surface area (Å²) in [6.07, 6.45) is 0. The zero-order valence-corrected chi connectivity index (χ0v) is 12.8. The van der Waals surface area contributed by atoms with Crippen molar-refractivity contribution in [3.8, 4) is 5.75 Å². The second-order valence-corrected chi connectivity index (χ2v) is 7.17. The van der Waals surface area contributed by atoms with Crippen molar-refractivity contribution in [1.29, 1.82) is 0 Å². The first-order valence-electron chi connectivity index (χ1n) is 3.34. The van der Waals surface area contributed by atoms with Gasteiger partial charge in [-0.1, -0.05) is 0 Å². The minimum atomic E-state index is -3.69. The minimum absolute atomic E-state index is 0.0563. The minimum Gasteiger partial charge on any atom is -0.496 e. The van der Waals surface area contributed by atoms with Gasteiger partial charge in [-0.15, -0.1) is 0 Å². The molecule has 3 nitrogen and oxygen atoms in total. The summed E-state index contributed by atoms with van der Waals surface area (Å²) in [4.78, 5) is 0.0563. The molecule has 78 valence electrons. The van der Waals surface area contributed by atoms with Crippen molar-refractivity contribution >= 4 is 64.9 Å². The van der Waals surface area contributed by atoms with E-state index in [2.05, 4.69) is 22.6 Å². The lowest BCUT2D eigenvalue weighted by Crippen LogP contribution is -1.96. The molecule has 0 aliphatic heterocycles. The Kier molecular flexibility index (Phi) is 4.30. The third-order valence-electron chi connectivity index (χ3n) is 1.47. The highest BCUT2D eigenvalue weighted by Gasteiger charge is 2.15. The zero-order valence-electron chi connectivity index (χ0n) is 6.92. The number of hydrogen-bond donors (Lipinski definition) is 0. The number of ether oxygens (including phenoxy) is 1. The molecule has 1 rings (SSSR count). The van der Waals surface area contributed by atoms with E-state index in [1.165, 1.54) is 19.2 Å². The smallest absolute Gasteiger partial charge is 0.261 e. The van der Waals surface area contributed by atoms with Crippen LogP contribution in [0.1, 0.15) is 0 Å². The summed E-state index contributed by atoms with van der Waals surface area (Å²) >= 11 is 4.11. The predicted molar refractivity (Wildman–Crippen MR) is 71.5 cm³/mol. The first-order valence-corrected chi connectivity index (χ1v) is 7.80. The van der Waals surface area contributed by atoms with Gasteiger partial charge in [0.25, 0.3) is 9.05 Å². The summed E-state index contributed by atoms with van der Waals surface area (Å²) in [5.74, 6) is 0.511. The third-order valence-corrected chi connectivity index (χ3v) is 5.80. The fourth-order valence-electron chi connectivity index (χ4n) is 0.829. The van der Waals surface area contributed by atoms with Crippen molar-refractivity contribution in [2.75, 3.05) is 7.11 Å². The topological polar surface area (TPSA) is 43.4 Å². The van der Waals surface area contributed by atoms with Crippen molar-refractivity contribution in [2.24, 2.45) is 0 Å². The van der Waals surface area contributed by atoms with Crippen LogP contribution in [0.4, 0.5) is 0 Å². The van der Waals surface area contributed by atoms with Crippen molar-refractivity contribution < 1.29 is 13.2 Å². The van der Waals surface area contributed by atoms with Crippen LogP contribution in [0.15, 0.2) is 17.0 Å². The molecule has 0 radical (unpaired) electrons. The van der Waals surface area contributed by atoms with Crippen molar-refractivity contribution in [2.45, 2.75) is 4.90 Å². The van der Waals surface area contributed by atoms with Crippen LogP contribution in [0.2, 0.25) is 0 Å². The Hall–Kier alpha value is 0.720. The molecule has 0 N–H and O–H groups in total. The molecule has 0 aliphatic carbocycles. The second-order valence-electron chi connectivity index (χ2n) is 2.36. The Labute approximate surface area is 114 Å². The predicted octanol–water partition coefficient (Wildman–Crippen LogP) is 2.83. The molecule has 1 aromatic rings. The van der Waals surface area contributed by atoms with Gasteiger partial charge in [0, 0.05) is 20.3 Å². The molecule has 0 amide bonds. The number of hydrogen-bond acceptors (Lipinski definition) is 3. The number of rotatable bonds is 2. The van der Waals surface area contributed by atoms with E-state index in [1.807, 2.05) is 22.6 Å². The van der Waals surface area contributed by atoms with Gasteiger partial charge in [-0.3, -0.25) is 0 Å². The van der Waals surface area contributed by atoms with E-state index in [0.717, 1.165) is 7.14 Å². The van der Waals surface area contributed by atoms with Crippen molar-refractivity contribution in [3.05, 3.63) is 19.3 Å². The van der Waals surface area contributed by atoms with Gasteiger partial charge in [0.15, 0.2) is 0 Å². The molecular weight excluding hydrogens is 453 g/mol. The highest BCUT2D eigenvalue weighted by Crippen LogP contribution is 2.30. The maximum absolute atomic E-state index is 11.1. The van der Waals surface area contributed by atoms with E-state index in [-0.39, 0.29) is 4.90 Å². The zero-order chi connectivity index (χ0) is 10.9. The number of methoxy groups -OCH3 is 1. The van der Waals surface area contributed by atoms with Crippen LogP contribution in [-0.4, -0.2) is 15.5 Å². The summed E-state index contributed by atoms with van der Waals surface area (Å²) in [5.41, 5.74) is 0.